The van der Waals surface area contributed by atoms with Crippen LogP contribution in [0, 0.1) is 12.7 Å². The van der Waals surface area contributed by atoms with Crippen molar-refractivity contribution in [2.24, 2.45) is 0 Å². The van der Waals surface area contributed by atoms with Crippen LogP contribution in [-0.2, 0) is 21.5 Å². The van der Waals surface area contributed by atoms with Crippen molar-refractivity contribution in [3.63, 3.8) is 0 Å². The number of ether oxygens (including phenoxy) is 1. The molecule has 1 amide bonds. The summed E-state index contributed by atoms with van der Waals surface area (Å²) in [6, 6.07) is 2.25. The topological polar surface area (TPSA) is 134 Å². The number of aromatic nitrogens is 2. The first-order chi connectivity index (χ1) is 12.7. The molecule has 1 aromatic carbocycles. The highest BCUT2D eigenvalue weighted by atomic mass is 32.2. The van der Waals surface area contributed by atoms with E-state index in [2.05, 4.69) is 15.3 Å². The second-order valence-electron chi connectivity index (χ2n) is 5.71. The number of anilines is 2. The van der Waals surface area contributed by atoms with Crippen LogP contribution in [-0.4, -0.2) is 43.1 Å². The number of phenols is 1. The number of halogens is 1. The predicted molar refractivity (Wildman–Crippen MR) is 93.1 cm³/mol. The second-order valence-corrected chi connectivity index (χ2v) is 7.30. The molecule has 0 atom stereocenters. The summed E-state index contributed by atoms with van der Waals surface area (Å²) in [6.07, 6.45) is 1.52. The van der Waals surface area contributed by atoms with Gasteiger partial charge >= 0.3 is 10.2 Å². The van der Waals surface area contributed by atoms with Crippen LogP contribution in [0.1, 0.15) is 11.3 Å². The van der Waals surface area contributed by atoms with Crippen molar-refractivity contribution >= 4 is 27.6 Å². The van der Waals surface area contributed by atoms with E-state index in [1.165, 1.54) is 19.4 Å². The number of hydrogen-bond donors (Lipinski definition) is 3. The molecule has 1 aliphatic rings. The molecule has 1 saturated heterocycles. The van der Waals surface area contributed by atoms with Gasteiger partial charge in [0, 0.05) is 6.54 Å². The van der Waals surface area contributed by atoms with Crippen LogP contribution in [0.4, 0.5) is 15.9 Å². The van der Waals surface area contributed by atoms with Crippen LogP contribution in [0.15, 0.2) is 18.3 Å². The van der Waals surface area contributed by atoms with Gasteiger partial charge in [0.25, 0.3) is 11.8 Å². The van der Waals surface area contributed by atoms with Crippen molar-refractivity contribution in [1.29, 1.82) is 0 Å². The van der Waals surface area contributed by atoms with Crippen LogP contribution < -0.4 is 19.1 Å². The first kappa shape index (κ1) is 18.6. The highest BCUT2D eigenvalue weighted by Crippen LogP contribution is 2.34. The van der Waals surface area contributed by atoms with Gasteiger partial charge in [-0.3, -0.25) is 4.79 Å². The molecule has 12 heteroatoms. The van der Waals surface area contributed by atoms with E-state index in [-0.39, 0.29) is 12.4 Å². The van der Waals surface area contributed by atoms with Crippen LogP contribution in [0.25, 0.3) is 0 Å². The van der Waals surface area contributed by atoms with E-state index >= 15 is 0 Å². The summed E-state index contributed by atoms with van der Waals surface area (Å²) in [5.41, 5.74) is 0.360. The Balaban J connectivity index is 1.86. The highest BCUT2D eigenvalue weighted by Gasteiger charge is 2.37. The number of aryl methyl sites for hydroxylation is 1. The number of amides is 1. The standard InChI is InChI=1S/C15H16FN5O5S/c1-8-5-18-15(26-2)14(19-8)17-6-9-3-10(16)13(11(22)4-9)21-7-12(23)20-27(21,24)25/h3-5,22H,6-7H2,1-2H3,(H,17,19)(H,20,23). The van der Waals surface area contributed by atoms with Gasteiger partial charge in [-0.25, -0.2) is 23.4 Å². The minimum Gasteiger partial charge on any atom is -0.506 e. The molecule has 0 unspecified atom stereocenters. The van der Waals surface area contributed by atoms with E-state index in [1.807, 2.05) is 0 Å². The Morgan fingerprint density at radius 3 is 2.78 bits per heavy atom. The van der Waals surface area contributed by atoms with E-state index in [0.29, 0.717) is 21.4 Å². The number of carbonyl (C=O) groups excluding carboxylic acids is 1. The number of benzene rings is 1. The van der Waals surface area contributed by atoms with E-state index in [1.54, 1.807) is 11.6 Å². The molecule has 0 radical (unpaired) electrons. The Bertz CT molecular complexity index is 991. The molecule has 3 N–H and O–H groups in total. The first-order valence-corrected chi connectivity index (χ1v) is 9.11. The summed E-state index contributed by atoms with van der Waals surface area (Å²) in [5.74, 6) is -1.85. The molecule has 2 heterocycles. The van der Waals surface area contributed by atoms with E-state index in [4.69, 9.17) is 4.74 Å². The molecule has 3 rings (SSSR count). The molecule has 27 heavy (non-hydrogen) atoms. The highest BCUT2D eigenvalue weighted by molar-refractivity contribution is 7.92. The number of nitrogens with one attached hydrogen (secondary N) is 2. The zero-order valence-corrected chi connectivity index (χ0v) is 15.2. The third kappa shape index (κ3) is 3.69. The number of methoxy groups -OCH3 is 1. The van der Waals surface area contributed by atoms with Gasteiger partial charge in [0.05, 0.1) is 19.0 Å². The number of phenolic OH excluding ortho intramolecular Hbond substituents is 1. The van der Waals surface area contributed by atoms with Gasteiger partial charge in [0.1, 0.15) is 18.0 Å². The Hall–Kier alpha value is -3.15. The summed E-state index contributed by atoms with van der Waals surface area (Å²) in [6.45, 7) is 1.19. The quantitative estimate of drug-likeness (QED) is 0.661. The van der Waals surface area contributed by atoms with Crippen molar-refractivity contribution in [1.82, 2.24) is 14.7 Å². The van der Waals surface area contributed by atoms with Crippen LogP contribution in [0.3, 0.4) is 0 Å². The van der Waals surface area contributed by atoms with Crippen molar-refractivity contribution in [2.45, 2.75) is 13.5 Å². The molecule has 2 aromatic rings. The molecule has 1 fully saturated rings. The SMILES string of the molecule is COc1ncc(C)nc1NCc1cc(O)c(N2CC(=O)NS2(=O)=O)c(F)c1. The summed E-state index contributed by atoms with van der Waals surface area (Å²) >= 11 is 0. The molecule has 0 bridgehead atoms. The summed E-state index contributed by atoms with van der Waals surface area (Å²) in [7, 11) is -2.81. The Labute approximate surface area is 154 Å². The van der Waals surface area contributed by atoms with Crippen molar-refractivity contribution < 1.29 is 27.4 Å². The van der Waals surface area contributed by atoms with Gasteiger partial charge in [0.15, 0.2) is 11.6 Å². The maximum atomic E-state index is 14.5. The van der Waals surface area contributed by atoms with Crippen LogP contribution in [0.5, 0.6) is 11.6 Å². The van der Waals surface area contributed by atoms with Crippen molar-refractivity contribution in [2.75, 3.05) is 23.3 Å². The molecular weight excluding hydrogens is 381 g/mol. The smallest absolute Gasteiger partial charge is 0.326 e. The fraction of sp³-hybridized carbons (Fsp3) is 0.267. The number of nitrogens with zero attached hydrogens (tertiary/aromatic N) is 3. The summed E-state index contributed by atoms with van der Waals surface area (Å²) < 4.78 is 45.5. The zero-order valence-electron chi connectivity index (χ0n) is 14.4. The third-order valence-corrected chi connectivity index (χ3v) is 5.06. The largest absolute Gasteiger partial charge is 0.506 e. The average Bonchev–Trinajstić information content (AvgIpc) is 2.85. The summed E-state index contributed by atoms with van der Waals surface area (Å²) in [5, 5.41) is 13.0. The Kier molecular flexibility index (Phi) is 4.74. The summed E-state index contributed by atoms with van der Waals surface area (Å²) in [4.78, 5) is 19.6. The van der Waals surface area contributed by atoms with Gasteiger partial charge in [-0.1, -0.05) is 0 Å². The molecule has 144 valence electrons. The first-order valence-electron chi connectivity index (χ1n) is 7.67. The van der Waals surface area contributed by atoms with Crippen molar-refractivity contribution in [3.05, 3.63) is 35.4 Å². The van der Waals surface area contributed by atoms with Crippen LogP contribution >= 0.6 is 0 Å². The number of rotatable bonds is 5. The Morgan fingerprint density at radius 2 is 2.19 bits per heavy atom. The van der Waals surface area contributed by atoms with Gasteiger partial charge in [-0.2, -0.15) is 8.42 Å². The van der Waals surface area contributed by atoms with Gasteiger partial charge in [-0.05, 0) is 24.6 Å². The second kappa shape index (κ2) is 6.87. The molecular formula is C15H16FN5O5S. The zero-order chi connectivity index (χ0) is 19.8. The third-order valence-electron chi connectivity index (χ3n) is 3.69. The minimum absolute atomic E-state index is 0.0587. The Morgan fingerprint density at radius 1 is 1.44 bits per heavy atom. The lowest BCUT2D eigenvalue weighted by molar-refractivity contribution is -0.117. The molecule has 1 aliphatic heterocycles. The lowest BCUT2D eigenvalue weighted by Crippen LogP contribution is -2.30. The monoisotopic (exact) mass is 397 g/mol. The molecule has 1 aromatic heterocycles. The maximum Gasteiger partial charge on any atom is 0.326 e. The molecule has 0 aliphatic carbocycles. The van der Waals surface area contributed by atoms with E-state index in [9.17, 15) is 22.7 Å². The maximum absolute atomic E-state index is 14.5. The fourth-order valence-electron chi connectivity index (χ4n) is 2.55. The number of aromatic hydroxyl groups is 1. The number of carbonyl (C=O) groups is 1. The lowest BCUT2D eigenvalue weighted by Gasteiger charge is -2.18. The fourth-order valence-corrected chi connectivity index (χ4v) is 3.72. The normalized spacial score (nSPS) is 15.5. The van der Waals surface area contributed by atoms with E-state index in [0.717, 1.165) is 6.07 Å². The minimum atomic E-state index is -4.23. The van der Waals surface area contributed by atoms with E-state index < -0.39 is 39.9 Å². The molecule has 0 saturated carbocycles. The molecule has 10 nitrogen and oxygen atoms in total. The predicted octanol–water partition coefficient (Wildman–Crippen LogP) is 0.431. The number of hydrogen-bond acceptors (Lipinski definition) is 8. The van der Waals surface area contributed by atoms with Crippen molar-refractivity contribution in [3.8, 4) is 11.6 Å². The van der Waals surface area contributed by atoms with Gasteiger partial charge in [0.2, 0.25) is 0 Å². The van der Waals surface area contributed by atoms with Gasteiger partial charge < -0.3 is 15.2 Å². The lowest BCUT2D eigenvalue weighted by atomic mass is 10.1. The van der Waals surface area contributed by atoms with Crippen LogP contribution in [0.2, 0.25) is 0 Å². The van der Waals surface area contributed by atoms with Gasteiger partial charge in [-0.15, -0.1) is 0 Å². The average molecular weight is 397 g/mol. The molecule has 0 spiro atoms.